The Labute approximate surface area is 162 Å². The normalized spacial score (nSPS) is 20.1. The molecular formula is C19H22N8O. The van der Waals surface area contributed by atoms with Gasteiger partial charge in [-0.15, -0.1) is 0 Å². The number of hydrogen-bond acceptors (Lipinski definition) is 7. The Morgan fingerprint density at radius 1 is 1.18 bits per heavy atom. The average molecular weight is 378 g/mol. The van der Waals surface area contributed by atoms with Gasteiger partial charge in [0.25, 0.3) is 0 Å². The summed E-state index contributed by atoms with van der Waals surface area (Å²) in [7, 11) is 0. The lowest BCUT2D eigenvalue weighted by atomic mass is 10.1. The first-order valence-electron chi connectivity index (χ1n) is 9.72. The first kappa shape index (κ1) is 17.1. The zero-order valence-electron chi connectivity index (χ0n) is 15.5. The molecular weight excluding hydrogens is 356 g/mol. The molecule has 0 aliphatic carbocycles. The van der Waals surface area contributed by atoms with Crippen molar-refractivity contribution in [1.82, 2.24) is 29.7 Å². The molecule has 2 N–H and O–H groups in total. The number of rotatable bonds is 4. The van der Waals surface area contributed by atoms with E-state index in [0.717, 1.165) is 49.4 Å². The van der Waals surface area contributed by atoms with E-state index in [0.29, 0.717) is 30.8 Å². The zero-order valence-corrected chi connectivity index (χ0v) is 15.5. The van der Waals surface area contributed by atoms with Gasteiger partial charge in [-0.25, -0.2) is 19.9 Å². The van der Waals surface area contributed by atoms with Crippen molar-refractivity contribution in [1.29, 1.82) is 0 Å². The van der Waals surface area contributed by atoms with Crippen molar-refractivity contribution in [2.24, 2.45) is 0 Å². The van der Waals surface area contributed by atoms with Gasteiger partial charge in [-0.1, -0.05) is 0 Å². The van der Waals surface area contributed by atoms with E-state index < -0.39 is 0 Å². The molecule has 9 nitrogen and oxygen atoms in total. The minimum absolute atomic E-state index is 0.114. The lowest BCUT2D eigenvalue weighted by molar-refractivity contribution is -0.117. The molecule has 1 atom stereocenters. The second kappa shape index (κ2) is 7.16. The number of hydrogen-bond donors (Lipinski definition) is 2. The molecule has 28 heavy (non-hydrogen) atoms. The van der Waals surface area contributed by atoms with Crippen molar-refractivity contribution in [2.75, 3.05) is 29.9 Å². The maximum Gasteiger partial charge on any atom is 0.228 e. The number of carbonyl (C=O) groups is 1. The molecule has 2 fully saturated rings. The van der Waals surface area contributed by atoms with E-state index in [1.54, 1.807) is 23.5 Å². The lowest BCUT2D eigenvalue weighted by Crippen LogP contribution is -2.38. The van der Waals surface area contributed by atoms with Crippen LogP contribution in [0.5, 0.6) is 0 Å². The molecule has 9 heteroatoms. The monoisotopic (exact) mass is 378 g/mol. The highest BCUT2D eigenvalue weighted by atomic mass is 16.2. The summed E-state index contributed by atoms with van der Waals surface area (Å²) in [5, 5.41) is 6.80. The molecule has 5 heterocycles. The van der Waals surface area contributed by atoms with Crippen LogP contribution in [0.3, 0.4) is 0 Å². The van der Waals surface area contributed by atoms with Crippen molar-refractivity contribution in [3.8, 4) is 11.4 Å². The van der Waals surface area contributed by atoms with Crippen LogP contribution < -0.4 is 15.5 Å². The van der Waals surface area contributed by atoms with Gasteiger partial charge in [-0.05, 0) is 31.9 Å². The minimum atomic E-state index is 0.114. The van der Waals surface area contributed by atoms with E-state index in [9.17, 15) is 4.79 Å². The molecule has 1 amide bonds. The molecule has 0 aromatic carbocycles. The summed E-state index contributed by atoms with van der Waals surface area (Å²) < 4.78 is 1.93. The molecule has 1 unspecified atom stereocenters. The number of aromatic nitrogens is 5. The topological polar surface area (TPSA) is 100 Å². The predicted molar refractivity (Wildman–Crippen MR) is 105 cm³/mol. The van der Waals surface area contributed by atoms with Crippen LogP contribution in [0.4, 0.5) is 11.8 Å². The average Bonchev–Trinajstić information content (AvgIpc) is 3.34. The first-order chi connectivity index (χ1) is 13.8. The van der Waals surface area contributed by atoms with Crippen molar-refractivity contribution in [3.63, 3.8) is 0 Å². The van der Waals surface area contributed by atoms with Crippen LogP contribution in [0.15, 0.2) is 30.9 Å². The van der Waals surface area contributed by atoms with E-state index in [-0.39, 0.29) is 5.91 Å². The number of amides is 1. The van der Waals surface area contributed by atoms with Crippen molar-refractivity contribution < 1.29 is 4.79 Å². The highest BCUT2D eigenvalue weighted by Crippen LogP contribution is 2.24. The highest BCUT2D eigenvalue weighted by molar-refractivity contribution is 5.94. The second-order valence-corrected chi connectivity index (χ2v) is 7.22. The molecule has 2 saturated heterocycles. The van der Waals surface area contributed by atoms with E-state index in [4.69, 9.17) is 0 Å². The standard InChI is InChI=1S/C19H22N8O/c28-18-4-2-8-26(18)17-12-27-15(10-22-16(27)11-23-17)14-5-7-21-19(25-14)24-13-3-1-6-20-9-13/h5,7,10-13,20H,1-4,6,8-9H2,(H,21,24,25). The fraction of sp³-hybridized carbons (Fsp3) is 0.421. The molecule has 3 aromatic heterocycles. The van der Waals surface area contributed by atoms with Gasteiger partial charge in [-0.3, -0.25) is 14.1 Å². The number of imidazole rings is 1. The Balaban J connectivity index is 1.47. The summed E-state index contributed by atoms with van der Waals surface area (Å²) in [6, 6.07) is 2.21. The largest absolute Gasteiger partial charge is 0.350 e. The van der Waals surface area contributed by atoms with Crippen LogP contribution in [0, 0.1) is 0 Å². The molecule has 144 valence electrons. The van der Waals surface area contributed by atoms with Crippen molar-refractivity contribution in [2.45, 2.75) is 31.7 Å². The van der Waals surface area contributed by atoms with E-state index in [1.807, 2.05) is 16.7 Å². The van der Waals surface area contributed by atoms with Crippen LogP contribution >= 0.6 is 0 Å². The van der Waals surface area contributed by atoms with Crippen LogP contribution in [0.1, 0.15) is 25.7 Å². The fourth-order valence-corrected chi connectivity index (χ4v) is 3.83. The molecule has 0 saturated carbocycles. The SMILES string of the molecule is O=C1CCCN1c1cn2c(-c3ccnc(NC4CCCNC4)n3)cnc2cn1. The van der Waals surface area contributed by atoms with Gasteiger partial charge in [0.2, 0.25) is 11.9 Å². The van der Waals surface area contributed by atoms with Crippen LogP contribution in [0.25, 0.3) is 17.0 Å². The summed E-state index contributed by atoms with van der Waals surface area (Å²) in [6.07, 6.45) is 10.8. The summed E-state index contributed by atoms with van der Waals surface area (Å²) in [5.41, 5.74) is 2.34. The van der Waals surface area contributed by atoms with E-state index in [2.05, 4.69) is 30.6 Å². The maximum absolute atomic E-state index is 12.1. The van der Waals surface area contributed by atoms with Gasteiger partial charge in [0.05, 0.1) is 30.0 Å². The highest BCUT2D eigenvalue weighted by Gasteiger charge is 2.23. The molecule has 0 radical (unpaired) electrons. The van der Waals surface area contributed by atoms with Gasteiger partial charge < -0.3 is 10.6 Å². The maximum atomic E-state index is 12.1. The number of nitrogens with one attached hydrogen (secondary N) is 2. The Hall–Kier alpha value is -3.07. The van der Waals surface area contributed by atoms with Crippen LogP contribution in [-0.4, -0.2) is 55.9 Å². The number of piperidine rings is 1. The third kappa shape index (κ3) is 3.18. The van der Waals surface area contributed by atoms with E-state index >= 15 is 0 Å². The third-order valence-electron chi connectivity index (χ3n) is 5.28. The van der Waals surface area contributed by atoms with Crippen LogP contribution in [-0.2, 0) is 4.79 Å². The van der Waals surface area contributed by atoms with Gasteiger partial charge in [-0.2, -0.15) is 0 Å². The Morgan fingerprint density at radius 2 is 2.14 bits per heavy atom. The molecule has 0 bridgehead atoms. The quantitative estimate of drug-likeness (QED) is 0.709. The van der Waals surface area contributed by atoms with E-state index in [1.165, 1.54) is 0 Å². The molecule has 2 aliphatic heterocycles. The number of carbonyl (C=O) groups excluding carboxylic acids is 1. The Kier molecular flexibility index (Phi) is 4.36. The summed E-state index contributed by atoms with van der Waals surface area (Å²) in [4.78, 5) is 31.7. The lowest BCUT2D eigenvalue weighted by Gasteiger charge is -2.23. The third-order valence-corrected chi connectivity index (χ3v) is 5.28. The smallest absolute Gasteiger partial charge is 0.228 e. The number of nitrogens with zero attached hydrogens (tertiary/aromatic N) is 6. The predicted octanol–water partition coefficient (Wildman–Crippen LogP) is 1.48. The summed E-state index contributed by atoms with van der Waals surface area (Å²) in [5.74, 6) is 1.38. The minimum Gasteiger partial charge on any atom is -0.350 e. The number of fused-ring (bicyclic) bond motifs is 1. The fourth-order valence-electron chi connectivity index (χ4n) is 3.83. The van der Waals surface area contributed by atoms with Gasteiger partial charge >= 0.3 is 0 Å². The second-order valence-electron chi connectivity index (χ2n) is 7.22. The zero-order chi connectivity index (χ0) is 18.9. The Bertz CT molecular complexity index is 1010. The first-order valence-corrected chi connectivity index (χ1v) is 9.72. The molecule has 5 rings (SSSR count). The van der Waals surface area contributed by atoms with Gasteiger partial charge in [0.15, 0.2) is 11.5 Å². The molecule has 3 aromatic rings. The Morgan fingerprint density at radius 3 is 2.96 bits per heavy atom. The molecule has 0 spiro atoms. The van der Waals surface area contributed by atoms with Crippen LogP contribution in [0.2, 0.25) is 0 Å². The van der Waals surface area contributed by atoms with Gasteiger partial charge in [0, 0.05) is 31.7 Å². The molecule has 2 aliphatic rings. The summed E-state index contributed by atoms with van der Waals surface area (Å²) in [6.45, 7) is 2.69. The van der Waals surface area contributed by atoms with Gasteiger partial charge in [0.1, 0.15) is 0 Å². The van der Waals surface area contributed by atoms with Crippen molar-refractivity contribution in [3.05, 3.63) is 30.9 Å². The van der Waals surface area contributed by atoms with Crippen molar-refractivity contribution >= 4 is 23.3 Å². The number of anilines is 2. The summed E-state index contributed by atoms with van der Waals surface area (Å²) >= 11 is 0.